The van der Waals surface area contributed by atoms with E-state index < -0.39 is 11.9 Å². The maximum Gasteiger partial charge on any atom is 0.347 e. The molecule has 0 radical (unpaired) electrons. The van der Waals surface area contributed by atoms with Crippen LogP contribution < -0.4 is 14.9 Å². The zero-order valence-electron chi connectivity index (χ0n) is 16.4. The highest BCUT2D eigenvalue weighted by atomic mass is 35.5. The monoisotopic (exact) mass is 436 g/mol. The first-order valence-corrected chi connectivity index (χ1v) is 9.49. The molecule has 0 atom stereocenters. The average Bonchev–Trinajstić information content (AvgIpc) is 2.75. The molecule has 0 aliphatic heterocycles. The van der Waals surface area contributed by atoms with E-state index in [2.05, 4.69) is 10.5 Å². The van der Waals surface area contributed by atoms with Crippen molar-refractivity contribution in [1.82, 2.24) is 5.43 Å². The first kappa shape index (κ1) is 21.7. The maximum atomic E-state index is 12.4. The fourth-order valence-electron chi connectivity index (χ4n) is 2.49. The SMILES string of the molecule is CC(=O)Oc1ccccc1C(=O)Oc1ccc(/C=N\NC(=O)c2ccc(Cl)cc2)cc1. The number of nitrogens with one attached hydrogen (secondary N) is 1. The summed E-state index contributed by atoms with van der Waals surface area (Å²) < 4.78 is 10.4. The van der Waals surface area contributed by atoms with Crippen molar-refractivity contribution in [2.24, 2.45) is 5.10 Å². The molecular weight excluding hydrogens is 420 g/mol. The van der Waals surface area contributed by atoms with Crippen LogP contribution in [-0.4, -0.2) is 24.1 Å². The molecule has 0 fully saturated rings. The summed E-state index contributed by atoms with van der Waals surface area (Å²) in [7, 11) is 0. The van der Waals surface area contributed by atoms with E-state index in [1.807, 2.05) is 0 Å². The topological polar surface area (TPSA) is 94.1 Å². The molecule has 8 heteroatoms. The number of para-hydroxylation sites is 1. The molecule has 0 saturated carbocycles. The molecule has 3 rings (SSSR count). The first-order valence-electron chi connectivity index (χ1n) is 9.11. The van der Waals surface area contributed by atoms with Crippen LogP contribution in [0.1, 0.15) is 33.2 Å². The molecule has 0 aliphatic carbocycles. The smallest absolute Gasteiger partial charge is 0.347 e. The lowest BCUT2D eigenvalue weighted by atomic mass is 10.2. The summed E-state index contributed by atoms with van der Waals surface area (Å²) >= 11 is 5.79. The fraction of sp³-hybridized carbons (Fsp3) is 0.0435. The molecule has 1 amide bonds. The predicted octanol–water partition coefficient (Wildman–Crippen LogP) is 4.25. The molecule has 0 aliphatic rings. The molecule has 7 nitrogen and oxygen atoms in total. The molecule has 0 saturated heterocycles. The van der Waals surface area contributed by atoms with Gasteiger partial charge in [-0.15, -0.1) is 0 Å². The minimum absolute atomic E-state index is 0.125. The van der Waals surface area contributed by atoms with Crippen molar-refractivity contribution in [1.29, 1.82) is 0 Å². The van der Waals surface area contributed by atoms with E-state index in [9.17, 15) is 14.4 Å². The van der Waals surface area contributed by atoms with Crippen molar-refractivity contribution < 1.29 is 23.9 Å². The number of amides is 1. The van der Waals surface area contributed by atoms with Gasteiger partial charge in [0.1, 0.15) is 17.1 Å². The van der Waals surface area contributed by atoms with Gasteiger partial charge in [-0.2, -0.15) is 5.10 Å². The van der Waals surface area contributed by atoms with Crippen molar-refractivity contribution in [3.63, 3.8) is 0 Å². The van der Waals surface area contributed by atoms with Crippen LogP contribution >= 0.6 is 11.6 Å². The number of nitrogens with zero attached hydrogens (tertiary/aromatic N) is 1. The van der Waals surface area contributed by atoms with Crippen LogP contribution in [0.2, 0.25) is 5.02 Å². The number of halogens is 1. The molecule has 31 heavy (non-hydrogen) atoms. The Hall–Kier alpha value is -3.97. The van der Waals surface area contributed by atoms with Gasteiger partial charge in [-0.1, -0.05) is 23.7 Å². The summed E-state index contributed by atoms with van der Waals surface area (Å²) in [4.78, 5) is 35.6. The Morgan fingerprint density at radius 2 is 1.58 bits per heavy atom. The molecular formula is C23H17ClN2O5. The van der Waals surface area contributed by atoms with Gasteiger partial charge in [-0.05, 0) is 66.2 Å². The van der Waals surface area contributed by atoms with Crippen LogP contribution in [0.25, 0.3) is 0 Å². The lowest BCUT2D eigenvalue weighted by Crippen LogP contribution is -2.17. The molecule has 3 aromatic carbocycles. The number of hydrogen-bond donors (Lipinski definition) is 1. The van der Waals surface area contributed by atoms with Crippen molar-refractivity contribution in [3.05, 3.63) is 94.5 Å². The largest absolute Gasteiger partial charge is 0.426 e. The third-order valence-corrected chi connectivity index (χ3v) is 4.19. The van der Waals surface area contributed by atoms with Crippen molar-refractivity contribution in [2.45, 2.75) is 6.92 Å². The summed E-state index contributed by atoms with van der Waals surface area (Å²) in [5.74, 6) is -1.14. The van der Waals surface area contributed by atoms with Crippen LogP contribution in [-0.2, 0) is 4.79 Å². The molecule has 0 heterocycles. The highest BCUT2D eigenvalue weighted by Crippen LogP contribution is 2.21. The quantitative estimate of drug-likeness (QED) is 0.270. The zero-order valence-corrected chi connectivity index (χ0v) is 17.1. The van der Waals surface area contributed by atoms with E-state index in [0.717, 1.165) is 0 Å². The standard InChI is InChI=1S/C23H17ClN2O5/c1-15(27)30-21-5-3-2-4-20(21)23(29)31-19-12-6-16(7-13-19)14-25-26-22(28)17-8-10-18(24)11-9-17/h2-14H,1H3,(H,26,28)/b25-14-. The summed E-state index contributed by atoms with van der Waals surface area (Å²) in [6, 6.07) is 19.2. The Bertz CT molecular complexity index is 1130. The Balaban J connectivity index is 1.59. The van der Waals surface area contributed by atoms with Gasteiger partial charge in [0.25, 0.3) is 5.91 Å². The third kappa shape index (κ3) is 6.25. The maximum absolute atomic E-state index is 12.4. The highest BCUT2D eigenvalue weighted by Gasteiger charge is 2.15. The number of benzene rings is 3. The second kappa shape index (κ2) is 10.2. The number of esters is 2. The number of carbonyl (C=O) groups excluding carboxylic acids is 3. The lowest BCUT2D eigenvalue weighted by Gasteiger charge is -2.08. The predicted molar refractivity (Wildman–Crippen MR) is 116 cm³/mol. The van der Waals surface area contributed by atoms with Gasteiger partial charge in [-0.25, -0.2) is 10.2 Å². The van der Waals surface area contributed by atoms with Crippen molar-refractivity contribution in [2.75, 3.05) is 0 Å². The zero-order chi connectivity index (χ0) is 22.2. The summed E-state index contributed by atoms with van der Waals surface area (Å²) in [5, 5.41) is 4.44. The highest BCUT2D eigenvalue weighted by molar-refractivity contribution is 6.30. The van der Waals surface area contributed by atoms with Gasteiger partial charge in [0.15, 0.2) is 0 Å². The van der Waals surface area contributed by atoms with Gasteiger partial charge in [0, 0.05) is 17.5 Å². The normalized spacial score (nSPS) is 10.5. The summed E-state index contributed by atoms with van der Waals surface area (Å²) in [6.07, 6.45) is 1.45. The van der Waals surface area contributed by atoms with Crippen LogP contribution in [0.5, 0.6) is 11.5 Å². The molecule has 0 unspecified atom stereocenters. The first-order chi connectivity index (χ1) is 14.9. The Labute approximate surface area is 183 Å². The van der Waals surface area contributed by atoms with Gasteiger partial charge >= 0.3 is 11.9 Å². The van der Waals surface area contributed by atoms with E-state index in [0.29, 0.717) is 21.9 Å². The second-order valence-electron chi connectivity index (χ2n) is 6.25. The van der Waals surface area contributed by atoms with Gasteiger partial charge in [0.05, 0.1) is 6.21 Å². The molecule has 0 spiro atoms. The van der Waals surface area contributed by atoms with E-state index in [1.165, 1.54) is 25.3 Å². The molecule has 156 valence electrons. The minimum Gasteiger partial charge on any atom is -0.426 e. The van der Waals surface area contributed by atoms with Crippen molar-refractivity contribution >= 4 is 35.7 Å². The van der Waals surface area contributed by atoms with Crippen LogP contribution in [0.3, 0.4) is 0 Å². The van der Waals surface area contributed by atoms with Gasteiger partial charge < -0.3 is 9.47 Å². The van der Waals surface area contributed by atoms with E-state index in [1.54, 1.807) is 60.7 Å². The van der Waals surface area contributed by atoms with Crippen molar-refractivity contribution in [3.8, 4) is 11.5 Å². The fourth-order valence-corrected chi connectivity index (χ4v) is 2.62. The Kier molecular flexibility index (Phi) is 7.13. The lowest BCUT2D eigenvalue weighted by molar-refractivity contribution is -0.131. The summed E-state index contributed by atoms with van der Waals surface area (Å²) in [6.45, 7) is 1.25. The van der Waals surface area contributed by atoms with E-state index in [-0.39, 0.29) is 17.2 Å². The Morgan fingerprint density at radius 1 is 0.903 bits per heavy atom. The molecule has 0 bridgehead atoms. The Morgan fingerprint density at radius 3 is 2.26 bits per heavy atom. The molecule has 3 aromatic rings. The van der Waals surface area contributed by atoms with Crippen LogP contribution in [0, 0.1) is 0 Å². The van der Waals surface area contributed by atoms with Gasteiger partial charge in [0.2, 0.25) is 0 Å². The number of hydrazone groups is 1. The minimum atomic E-state index is -0.659. The molecule has 0 aromatic heterocycles. The molecule has 1 N–H and O–H groups in total. The second-order valence-corrected chi connectivity index (χ2v) is 6.69. The van der Waals surface area contributed by atoms with Crippen LogP contribution in [0.4, 0.5) is 0 Å². The van der Waals surface area contributed by atoms with Gasteiger partial charge in [-0.3, -0.25) is 9.59 Å². The number of rotatable bonds is 6. The number of hydrogen-bond acceptors (Lipinski definition) is 6. The average molecular weight is 437 g/mol. The van der Waals surface area contributed by atoms with Crippen LogP contribution in [0.15, 0.2) is 77.9 Å². The van der Waals surface area contributed by atoms with E-state index >= 15 is 0 Å². The third-order valence-electron chi connectivity index (χ3n) is 3.94. The summed E-state index contributed by atoms with van der Waals surface area (Å²) in [5.41, 5.74) is 3.66. The number of carbonyl (C=O) groups is 3. The number of ether oxygens (including phenoxy) is 2. The van der Waals surface area contributed by atoms with E-state index in [4.69, 9.17) is 21.1 Å².